The molecule has 13 heavy (non-hydrogen) atoms. The van der Waals surface area contributed by atoms with Gasteiger partial charge < -0.3 is 0 Å². The van der Waals surface area contributed by atoms with Crippen LogP contribution in [0.3, 0.4) is 0 Å². The van der Waals surface area contributed by atoms with Crippen molar-refractivity contribution in [1.29, 1.82) is 0 Å². The zero-order chi connectivity index (χ0) is 10.3. The van der Waals surface area contributed by atoms with E-state index in [-0.39, 0.29) is 11.2 Å². The van der Waals surface area contributed by atoms with Gasteiger partial charge in [-0.2, -0.15) is 0 Å². The standard InChI is InChI=1S/C12H22O/c1-5-6-7-9-12(3,4)10-8-11(2)13/h8,10H,5-7,9H2,1-4H3. The number of carbonyl (C=O) groups is 1. The lowest BCUT2D eigenvalue weighted by atomic mass is 9.86. The van der Waals surface area contributed by atoms with Crippen molar-refractivity contribution in [2.45, 2.75) is 53.4 Å². The summed E-state index contributed by atoms with van der Waals surface area (Å²) in [6.07, 6.45) is 8.69. The molecule has 0 aromatic heterocycles. The average molecular weight is 182 g/mol. The molecule has 0 aromatic rings. The minimum absolute atomic E-state index is 0.142. The van der Waals surface area contributed by atoms with Gasteiger partial charge in [0.25, 0.3) is 0 Å². The van der Waals surface area contributed by atoms with Crippen LogP contribution in [0.5, 0.6) is 0 Å². The zero-order valence-corrected chi connectivity index (χ0v) is 9.39. The molecular weight excluding hydrogens is 160 g/mol. The second-order valence-electron chi connectivity index (χ2n) is 4.39. The van der Waals surface area contributed by atoms with E-state index in [4.69, 9.17) is 0 Å². The van der Waals surface area contributed by atoms with Crippen molar-refractivity contribution in [3.8, 4) is 0 Å². The van der Waals surface area contributed by atoms with Gasteiger partial charge in [0.05, 0.1) is 0 Å². The van der Waals surface area contributed by atoms with Crippen molar-refractivity contribution in [3.63, 3.8) is 0 Å². The van der Waals surface area contributed by atoms with E-state index in [9.17, 15) is 4.79 Å². The van der Waals surface area contributed by atoms with Gasteiger partial charge in [-0.25, -0.2) is 0 Å². The van der Waals surface area contributed by atoms with Gasteiger partial charge in [-0.05, 0) is 24.8 Å². The molecule has 0 heterocycles. The SMILES string of the molecule is CCCCCC(C)(C)C=CC(C)=O. The molecule has 0 aliphatic rings. The van der Waals surface area contributed by atoms with Crippen molar-refractivity contribution >= 4 is 5.78 Å². The van der Waals surface area contributed by atoms with Crippen LogP contribution in [0.25, 0.3) is 0 Å². The van der Waals surface area contributed by atoms with Crippen LogP contribution >= 0.6 is 0 Å². The van der Waals surface area contributed by atoms with Gasteiger partial charge in [0.15, 0.2) is 5.78 Å². The normalized spacial score (nSPS) is 12.3. The van der Waals surface area contributed by atoms with Crippen molar-refractivity contribution in [2.75, 3.05) is 0 Å². The Morgan fingerprint density at radius 1 is 1.31 bits per heavy atom. The summed E-state index contributed by atoms with van der Waals surface area (Å²) in [7, 11) is 0. The average Bonchev–Trinajstić information content (AvgIpc) is 2.02. The second-order valence-corrected chi connectivity index (χ2v) is 4.39. The summed E-state index contributed by atoms with van der Waals surface area (Å²) in [5, 5.41) is 0. The first-order valence-corrected chi connectivity index (χ1v) is 5.18. The molecule has 0 aromatic carbocycles. The van der Waals surface area contributed by atoms with Crippen molar-refractivity contribution in [2.24, 2.45) is 5.41 Å². The molecule has 0 atom stereocenters. The number of ketones is 1. The number of hydrogen-bond acceptors (Lipinski definition) is 1. The molecule has 0 radical (unpaired) electrons. The zero-order valence-electron chi connectivity index (χ0n) is 9.39. The number of unbranched alkanes of at least 4 members (excludes halogenated alkanes) is 2. The predicted octanol–water partition coefficient (Wildman–Crippen LogP) is 3.74. The van der Waals surface area contributed by atoms with Gasteiger partial charge in [-0.15, -0.1) is 0 Å². The first kappa shape index (κ1) is 12.4. The summed E-state index contributed by atoms with van der Waals surface area (Å²) >= 11 is 0. The van der Waals surface area contributed by atoms with Crippen LogP contribution in [0.1, 0.15) is 53.4 Å². The molecule has 0 aliphatic carbocycles. The molecule has 0 saturated heterocycles. The summed E-state index contributed by atoms with van der Waals surface area (Å²) in [6.45, 7) is 8.17. The molecule has 0 amide bonds. The third kappa shape index (κ3) is 7.76. The number of carbonyl (C=O) groups excluding carboxylic acids is 1. The number of hydrogen-bond donors (Lipinski definition) is 0. The minimum atomic E-state index is 0.142. The summed E-state index contributed by atoms with van der Waals surface area (Å²) in [6, 6.07) is 0. The molecule has 0 spiro atoms. The Kier molecular flexibility index (Phi) is 5.68. The van der Waals surface area contributed by atoms with Crippen LogP contribution in [0.4, 0.5) is 0 Å². The largest absolute Gasteiger partial charge is 0.295 e. The molecule has 0 bridgehead atoms. The van der Waals surface area contributed by atoms with E-state index >= 15 is 0 Å². The molecule has 0 saturated carbocycles. The van der Waals surface area contributed by atoms with Crippen LogP contribution in [-0.4, -0.2) is 5.78 Å². The van der Waals surface area contributed by atoms with E-state index in [1.54, 1.807) is 13.0 Å². The highest BCUT2D eigenvalue weighted by atomic mass is 16.1. The van der Waals surface area contributed by atoms with E-state index < -0.39 is 0 Å². The van der Waals surface area contributed by atoms with E-state index in [2.05, 4.69) is 20.8 Å². The maximum atomic E-state index is 10.7. The minimum Gasteiger partial charge on any atom is -0.295 e. The van der Waals surface area contributed by atoms with E-state index in [1.807, 2.05) is 6.08 Å². The lowest BCUT2D eigenvalue weighted by Crippen LogP contribution is -2.07. The molecule has 0 unspecified atom stereocenters. The van der Waals surface area contributed by atoms with Crippen molar-refractivity contribution < 1.29 is 4.79 Å². The highest BCUT2D eigenvalue weighted by Crippen LogP contribution is 2.25. The summed E-state index contributed by atoms with van der Waals surface area (Å²) in [4.78, 5) is 10.7. The van der Waals surface area contributed by atoms with Gasteiger partial charge in [-0.3, -0.25) is 4.79 Å². The Labute approximate surface area is 82.2 Å². The van der Waals surface area contributed by atoms with E-state index in [0.717, 1.165) is 0 Å². The molecule has 1 nitrogen and oxygen atoms in total. The van der Waals surface area contributed by atoms with Gasteiger partial charge in [0, 0.05) is 0 Å². The van der Waals surface area contributed by atoms with Crippen LogP contribution in [0.2, 0.25) is 0 Å². The van der Waals surface area contributed by atoms with Crippen LogP contribution in [-0.2, 0) is 4.79 Å². The second kappa shape index (κ2) is 5.95. The maximum absolute atomic E-state index is 10.7. The molecule has 0 fully saturated rings. The third-order valence-electron chi connectivity index (χ3n) is 2.19. The van der Waals surface area contributed by atoms with E-state index in [1.165, 1.54) is 25.7 Å². The lowest BCUT2D eigenvalue weighted by Gasteiger charge is -2.19. The first-order valence-electron chi connectivity index (χ1n) is 5.18. The Bertz CT molecular complexity index is 178. The summed E-state index contributed by atoms with van der Waals surface area (Å²) in [5.41, 5.74) is 0.181. The molecular formula is C12H22O. The fourth-order valence-electron chi connectivity index (χ4n) is 1.26. The summed E-state index contributed by atoms with van der Waals surface area (Å²) < 4.78 is 0. The first-order chi connectivity index (χ1) is 5.98. The fourth-order valence-corrected chi connectivity index (χ4v) is 1.26. The highest BCUT2D eigenvalue weighted by Gasteiger charge is 2.12. The van der Waals surface area contributed by atoms with Crippen LogP contribution in [0.15, 0.2) is 12.2 Å². The monoisotopic (exact) mass is 182 g/mol. The van der Waals surface area contributed by atoms with Crippen LogP contribution < -0.4 is 0 Å². The molecule has 0 rings (SSSR count). The number of allylic oxidation sites excluding steroid dienone is 2. The molecule has 1 heteroatoms. The quantitative estimate of drug-likeness (QED) is 0.452. The van der Waals surface area contributed by atoms with Gasteiger partial charge in [0.1, 0.15) is 0 Å². The number of rotatable bonds is 6. The van der Waals surface area contributed by atoms with E-state index in [0.29, 0.717) is 0 Å². The lowest BCUT2D eigenvalue weighted by molar-refractivity contribution is -0.112. The Hall–Kier alpha value is -0.590. The van der Waals surface area contributed by atoms with Gasteiger partial charge in [0.2, 0.25) is 0 Å². The maximum Gasteiger partial charge on any atom is 0.152 e. The molecule has 0 N–H and O–H groups in total. The Balaban J connectivity index is 3.85. The fraction of sp³-hybridized carbons (Fsp3) is 0.750. The highest BCUT2D eigenvalue weighted by molar-refractivity contribution is 5.87. The van der Waals surface area contributed by atoms with Gasteiger partial charge in [-0.1, -0.05) is 46.1 Å². The Morgan fingerprint density at radius 3 is 2.38 bits per heavy atom. The third-order valence-corrected chi connectivity index (χ3v) is 2.19. The van der Waals surface area contributed by atoms with Gasteiger partial charge >= 0.3 is 0 Å². The summed E-state index contributed by atoms with van der Waals surface area (Å²) in [5.74, 6) is 0.142. The molecule has 0 aliphatic heterocycles. The van der Waals surface area contributed by atoms with Crippen LogP contribution in [0, 0.1) is 5.41 Å². The predicted molar refractivity (Wildman–Crippen MR) is 57.7 cm³/mol. The smallest absolute Gasteiger partial charge is 0.152 e. The van der Waals surface area contributed by atoms with Crippen molar-refractivity contribution in [3.05, 3.63) is 12.2 Å². The Morgan fingerprint density at radius 2 is 1.92 bits per heavy atom. The van der Waals surface area contributed by atoms with Crippen molar-refractivity contribution in [1.82, 2.24) is 0 Å². The molecule has 76 valence electrons. The topological polar surface area (TPSA) is 17.1 Å².